The summed E-state index contributed by atoms with van der Waals surface area (Å²) in [5.74, 6) is 0.951. The van der Waals surface area contributed by atoms with Crippen molar-refractivity contribution in [1.29, 1.82) is 0 Å². The third-order valence-electron chi connectivity index (χ3n) is 2.23. The maximum absolute atomic E-state index is 5.57. The molecule has 0 radical (unpaired) electrons. The fraction of sp³-hybridized carbons (Fsp3) is 0.273. The van der Waals surface area contributed by atoms with Crippen molar-refractivity contribution in [1.82, 2.24) is 0 Å². The van der Waals surface area contributed by atoms with E-state index in [2.05, 4.69) is 33.5 Å². The molecule has 0 bridgehead atoms. The molecule has 2 rings (SSSR count). The molecule has 0 atom stereocenters. The first kappa shape index (κ1) is 9.59. The van der Waals surface area contributed by atoms with E-state index in [9.17, 15) is 0 Å². The zero-order valence-electron chi connectivity index (χ0n) is 7.87. The molecule has 0 spiro atoms. The Morgan fingerprint density at radius 3 is 3.21 bits per heavy atom. The molecule has 0 amide bonds. The van der Waals surface area contributed by atoms with Crippen molar-refractivity contribution in [2.45, 2.75) is 0 Å². The second-order valence-electron chi connectivity index (χ2n) is 3.20. The van der Waals surface area contributed by atoms with Crippen LogP contribution in [0, 0.1) is 0 Å². The number of benzene rings is 1. The average Bonchev–Trinajstić information content (AvgIpc) is 2.18. The van der Waals surface area contributed by atoms with E-state index in [1.54, 1.807) is 0 Å². The molecule has 2 nitrogen and oxygen atoms in total. The van der Waals surface area contributed by atoms with Crippen LogP contribution in [0.3, 0.4) is 0 Å². The molecule has 1 heterocycles. The zero-order valence-corrected chi connectivity index (χ0v) is 9.46. The Morgan fingerprint density at radius 2 is 2.43 bits per heavy atom. The quantitative estimate of drug-likeness (QED) is 0.752. The molecule has 74 valence electrons. The van der Waals surface area contributed by atoms with Crippen LogP contribution >= 0.6 is 15.9 Å². The molecule has 0 N–H and O–H groups in total. The predicted molar refractivity (Wildman–Crippen MR) is 62.0 cm³/mol. The highest BCUT2D eigenvalue weighted by Crippen LogP contribution is 2.33. The van der Waals surface area contributed by atoms with Crippen LogP contribution in [0.4, 0.5) is 5.69 Å². The van der Waals surface area contributed by atoms with E-state index in [0.29, 0.717) is 0 Å². The number of hydrogen-bond acceptors (Lipinski definition) is 2. The first-order valence-electron chi connectivity index (χ1n) is 4.59. The third-order valence-corrected chi connectivity index (χ3v) is 2.72. The van der Waals surface area contributed by atoms with Crippen LogP contribution in [0.2, 0.25) is 0 Å². The Kier molecular flexibility index (Phi) is 2.77. The first-order chi connectivity index (χ1) is 6.81. The van der Waals surface area contributed by atoms with E-state index in [1.165, 1.54) is 0 Å². The van der Waals surface area contributed by atoms with Gasteiger partial charge >= 0.3 is 0 Å². The van der Waals surface area contributed by atoms with E-state index in [1.807, 2.05) is 18.2 Å². The van der Waals surface area contributed by atoms with Crippen LogP contribution in [0.5, 0.6) is 5.75 Å². The van der Waals surface area contributed by atoms with Gasteiger partial charge in [0.25, 0.3) is 0 Å². The number of rotatable bonds is 2. The summed E-state index contributed by atoms with van der Waals surface area (Å²) in [5.41, 5.74) is 1.15. The summed E-state index contributed by atoms with van der Waals surface area (Å²) >= 11 is 3.43. The minimum atomic E-state index is 0.747. The molecule has 0 unspecified atom stereocenters. The number of halogens is 1. The molecular formula is C11H12BrNO. The van der Waals surface area contributed by atoms with Gasteiger partial charge in [-0.25, -0.2) is 0 Å². The van der Waals surface area contributed by atoms with Gasteiger partial charge in [0, 0.05) is 11.0 Å². The molecule has 1 aromatic carbocycles. The Labute approximate surface area is 92.3 Å². The predicted octanol–water partition coefficient (Wildman–Crippen LogP) is 2.83. The highest BCUT2D eigenvalue weighted by atomic mass is 79.9. The fourth-order valence-corrected chi connectivity index (χ4v) is 1.94. The lowest BCUT2D eigenvalue weighted by molar-refractivity contribution is 0.309. The molecule has 14 heavy (non-hydrogen) atoms. The van der Waals surface area contributed by atoms with Gasteiger partial charge in [0.2, 0.25) is 0 Å². The van der Waals surface area contributed by atoms with E-state index in [4.69, 9.17) is 4.74 Å². The average molecular weight is 254 g/mol. The number of anilines is 1. The Hall–Kier alpha value is -0.960. The minimum Gasteiger partial charge on any atom is -0.490 e. The van der Waals surface area contributed by atoms with Crippen molar-refractivity contribution in [2.75, 3.05) is 24.6 Å². The van der Waals surface area contributed by atoms with Gasteiger partial charge in [0.1, 0.15) is 12.4 Å². The molecule has 0 fully saturated rings. The number of fused-ring (bicyclic) bond motifs is 1. The third kappa shape index (κ3) is 1.77. The second kappa shape index (κ2) is 4.05. The lowest BCUT2D eigenvalue weighted by atomic mass is 10.2. The molecule has 3 heteroatoms. The van der Waals surface area contributed by atoms with Crippen molar-refractivity contribution in [3.63, 3.8) is 0 Å². The van der Waals surface area contributed by atoms with Gasteiger partial charge in [-0.2, -0.15) is 0 Å². The zero-order chi connectivity index (χ0) is 9.97. The van der Waals surface area contributed by atoms with Gasteiger partial charge in [-0.1, -0.05) is 22.0 Å². The maximum Gasteiger partial charge on any atom is 0.143 e. The summed E-state index contributed by atoms with van der Waals surface area (Å²) in [6.45, 7) is 6.31. The summed E-state index contributed by atoms with van der Waals surface area (Å²) in [6.07, 6.45) is 1.91. The lowest BCUT2D eigenvalue weighted by Crippen LogP contribution is -2.32. The van der Waals surface area contributed by atoms with Gasteiger partial charge < -0.3 is 9.64 Å². The fourth-order valence-electron chi connectivity index (χ4n) is 1.60. The van der Waals surface area contributed by atoms with Gasteiger partial charge in [-0.15, -0.1) is 6.58 Å². The minimum absolute atomic E-state index is 0.747. The highest BCUT2D eigenvalue weighted by molar-refractivity contribution is 9.10. The van der Waals surface area contributed by atoms with Gasteiger partial charge in [0.15, 0.2) is 0 Å². The molecule has 0 saturated heterocycles. The van der Waals surface area contributed by atoms with E-state index in [-0.39, 0.29) is 0 Å². The topological polar surface area (TPSA) is 12.5 Å². The standard InChI is InChI=1S/C11H12BrNO/c1-2-5-13-6-7-14-11-8-9(12)3-4-10(11)13/h2-4,8H,1,5-7H2. The lowest BCUT2D eigenvalue weighted by Gasteiger charge is -2.30. The number of hydrogen-bond donors (Lipinski definition) is 0. The molecule has 1 aliphatic rings. The molecule has 0 aromatic heterocycles. The van der Waals surface area contributed by atoms with Crippen molar-refractivity contribution >= 4 is 21.6 Å². The number of nitrogens with zero attached hydrogens (tertiary/aromatic N) is 1. The molecule has 0 saturated carbocycles. The van der Waals surface area contributed by atoms with Crippen molar-refractivity contribution in [3.8, 4) is 5.75 Å². The molecule has 1 aliphatic heterocycles. The Bertz CT molecular complexity index is 351. The van der Waals surface area contributed by atoms with Crippen LogP contribution in [0.15, 0.2) is 35.3 Å². The van der Waals surface area contributed by atoms with Gasteiger partial charge in [-0.3, -0.25) is 0 Å². The van der Waals surface area contributed by atoms with Crippen molar-refractivity contribution in [3.05, 3.63) is 35.3 Å². The summed E-state index contributed by atoms with van der Waals surface area (Å²) in [4.78, 5) is 2.26. The van der Waals surface area contributed by atoms with Crippen LogP contribution < -0.4 is 9.64 Å². The summed E-state index contributed by atoms with van der Waals surface area (Å²) in [7, 11) is 0. The Balaban J connectivity index is 2.34. The summed E-state index contributed by atoms with van der Waals surface area (Å²) < 4.78 is 6.63. The van der Waals surface area contributed by atoms with Crippen molar-refractivity contribution < 1.29 is 4.74 Å². The van der Waals surface area contributed by atoms with Gasteiger partial charge in [-0.05, 0) is 18.2 Å². The summed E-state index contributed by atoms with van der Waals surface area (Å²) in [5, 5.41) is 0. The van der Waals surface area contributed by atoms with Crippen LogP contribution in [0.1, 0.15) is 0 Å². The monoisotopic (exact) mass is 253 g/mol. The summed E-state index contributed by atoms with van der Waals surface area (Å²) in [6, 6.07) is 6.11. The van der Waals surface area contributed by atoms with E-state index < -0.39 is 0 Å². The second-order valence-corrected chi connectivity index (χ2v) is 4.11. The SMILES string of the molecule is C=CCN1CCOc2cc(Br)ccc21. The first-order valence-corrected chi connectivity index (χ1v) is 5.39. The number of ether oxygens (including phenoxy) is 1. The van der Waals surface area contributed by atoms with Crippen LogP contribution in [-0.2, 0) is 0 Å². The maximum atomic E-state index is 5.57. The van der Waals surface area contributed by atoms with E-state index >= 15 is 0 Å². The van der Waals surface area contributed by atoms with E-state index in [0.717, 1.165) is 35.6 Å². The molecular weight excluding hydrogens is 242 g/mol. The molecule has 1 aromatic rings. The van der Waals surface area contributed by atoms with Crippen LogP contribution in [0.25, 0.3) is 0 Å². The normalized spacial score (nSPS) is 14.5. The smallest absolute Gasteiger partial charge is 0.143 e. The molecule has 0 aliphatic carbocycles. The van der Waals surface area contributed by atoms with Crippen LogP contribution in [-0.4, -0.2) is 19.7 Å². The van der Waals surface area contributed by atoms with Crippen molar-refractivity contribution in [2.24, 2.45) is 0 Å². The highest BCUT2D eigenvalue weighted by Gasteiger charge is 2.16. The largest absolute Gasteiger partial charge is 0.490 e. The Morgan fingerprint density at radius 1 is 1.57 bits per heavy atom. The van der Waals surface area contributed by atoms with Gasteiger partial charge in [0.05, 0.1) is 12.2 Å².